The number of benzene rings is 4. The first kappa shape index (κ1) is 17.3. The summed E-state index contributed by atoms with van der Waals surface area (Å²) < 4.78 is 13.6. The Kier molecular flexibility index (Phi) is 4.13. The van der Waals surface area contributed by atoms with Crippen LogP contribution in [0, 0.1) is 5.82 Å². The molecule has 1 fully saturated rings. The molecule has 1 saturated heterocycles. The minimum Gasteiger partial charge on any atom is -0.319 e. The second-order valence-electron chi connectivity index (χ2n) is 6.81. The summed E-state index contributed by atoms with van der Waals surface area (Å²) in [4.78, 5) is 20.3. The van der Waals surface area contributed by atoms with Crippen LogP contribution in [0.4, 0.5) is 20.6 Å². The molecule has 29 heavy (non-hydrogen) atoms. The maximum atomic E-state index is 13.6. The number of halogens is 1. The van der Waals surface area contributed by atoms with Crippen LogP contribution in [-0.2, 0) is 4.84 Å². The fourth-order valence-electron chi connectivity index (χ4n) is 3.72. The molecule has 0 bridgehead atoms. The highest BCUT2D eigenvalue weighted by Crippen LogP contribution is 2.41. The number of hydrogen-bond acceptors (Lipinski definition) is 3. The van der Waals surface area contributed by atoms with Crippen molar-refractivity contribution in [3.63, 3.8) is 0 Å². The number of rotatable bonds is 3. The zero-order valence-electron chi connectivity index (χ0n) is 15.4. The summed E-state index contributed by atoms with van der Waals surface area (Å²) in [5.74, 6) is -0.332. The van der Waals surface area contributed by atoms with Crippen molar-refractivity contribution in [2.24, 2.45) is 0 Å². The molecule has 1 aliphatic heterocycles. The Bertz CT molecular complexity index is 1170. The molecule has 4 nitrogen and oxygen atoms in total. The summed E-state index contributed by atoms with van der Waals surface area (Å²) in [6.07, 6.45) is -1.06. The normalized spacial score (nSPS) is 16.3. The summed E-state index contributed by atoms with van der Waals surface area (Å²) in [6.45, 7) is 0. The average molecular weight is 384 g/mol. The highest BCUT2D eigenvalue weighted by molar-refractivity contribution is 6.03. The number of hydroxylamine groups is 1. The van der Waals surface area contributed by atoms with Crippen LogP contribution in [0.2, 0.25) is 0 Å². The van der Waals surface area contributed by atoms with E-state index in [1.807, 2.05) is 72.8 Å². The van der Waals surface area contributed by atoms with E-state index in [1.54, 1.807) is 22.1 Å². The number of para-hydroxylation sites is 1. The van der Waals surface area contributed by atoms with E-state index >= 15 is 0 Å². The maximum absolute atomic E-state index is 13.6. The van der Waals surface area contributed by atoms with Crippen LogP contribution in [0.5, 0.6) is 0 Å². The van der Waals surface area contributed by atoms with Crippen molar-refractivity contribution in [2.75, 3.05) is 9.96 Å². The zero-order chi connectivity index (χ0) is 19.8. The average Bonchev–Trinajstić information content (AvgIpc) is 3.11. The molecular weight excluding hydrogens is 367 g/mol. The Labute approximate surface area is 167 Å². The Hall–Kier alpha value is -3.86. The van der Waals surface area contributed by atoms with E-state index in [9.17, 15) is 9.18 Å². The molecule has 1 aliphatic rings. The molecule has 4 aromatic rings. The van der Waals surface area contributed by atoms with Gasteiger partial charge >= 0.3 is 6.09 Å². The van der Waals surface area contributed by atoms with E-state index in [4.69, 9.17) is 4.84 Å². The van der Waals surface area contributed by atoms with Crippen LogP contribution in [0.15, 0.2) is 97.1 Å². The monoisotopic (exact) mass is 384 g/mol. The third-order valence-electron chi connectivity index (χ3n) is 5.04. The van der Waals surface area contributed by atoms with Crippen LogP contribution in [0.25, 0.3) is 10.8 Å². The van der Waals surface area contributed by atoms with Crippen molar-refractivity contribution >= 4 is 28.2 Å². The number of fused-ring (bicyclic) bond motifs is 1. The van der Waals surface area contributed by atoms with Crippen LogP contribution in [0.1, 0.15) is 11.7 Å². The molecule has 1 atom stereocenters. The standard InChI is InChI=1S/C24H17FN2O2/c25-19-15-13-18(14-16-19)23-26(22-12-6-8-17-7-4-5-11-21(17)22)24(28)29-27(23)20-9-2-1-3-10-20/h1-16,23H/t23-/m1/s1. The van der Waals surface area contributed by atoms with E-state index in [-0.39, 0.29) is 5.82 Å². The molecule has 142 valence electrons. The van der Waals surface area contributed by atoms with Crippen molar-refractivity contribution in [1.82, 2.24) is 0 Å². The topological polar surface area (TPSA) is 32.8 Å². The largest absolute Gasteiger partial charge is 0.441 e. The first-order valence-electron chi connectivity index (χ1n) is 9.31. The van der Waals surface area contributed by atoms with Gasteiger partial charge in [-0.1, -0.05) is 66.7 Å². The van der Waals surface area contributed by atoms with E-state index in [0.29, 0.717) is 0 Å². The number of nitrogens with zero attached hydrogens (tertiary/aromatic N) is 2. The van der Waals surface area contributed by atoms with E-state index < -0.39 is 12.3 Å². The Morgan fingerprint density at radius 2 is 1.45 bits per heavy atom. The predicted octanol–water partition coefficient (Wildman–Crippen LogP) is 6.06. The first-order chi connectivity index (χ1) is 14.2. The number of carbonyl (C=O) groups excluding carboxylic acids is 1. The molecule has 5 heteroatoms. The highest BCUT2D eigenvalue weighted by Gasteiger charge is 2.43. The van der Waals surface area contributed by atoms with Crippen molar-refractivity contribution in [1.29, 1.82) is 0 Å². The number of carbonyl (C=O) groups is 1. The van der Waals surface area contributed by atoms with E-state index in [1.165, 1.54) is 12.1 Å². The van der Waals surface area contributed by atoms with Gasteiger partial charge in [-0.15, -0.1) is 0 Å². The van der Waals surface area contributed by atoms with Gasteiger partial charge in [0.15, 0.2) is 6.17 Å². The molecule has 0 aliphatic carbocycles. The fourth-order valence-corrected chi connectivity index (χ4v) is 3.72. The molecule has 1 amide bonds. The van der Waals surface area contributed by atoms with Gasteiger partial charge in [0, 0.05) is 5.39 Å². The van der Waals surface area contributed by atoms with Gasteiger partial charge in [0.1, 0.15) is 5.82 Å². The lowest BCUT2D eigenvalue weighted by molar-refractivity contribution is 0.164. The molecule has 0 saturated carbocycles. The quantitative estimate of drug-likeness (QED) is 0.431. The summed E-state index contributed by atoms with van der Waals surface area (Å²) in [6, 6.07) is 29.2. The van der Waals surface area contributed by atoms with E-state index in [0.717, 1.165) is 27.7 Å². The van der Waals surface area contributed by atoms with Crippen LogP contribution in [-0.4, -0.2) is 6.09 Å². The first-order valence-corrected chi connectivity index (χ1v) is 9.31. The molecule has 0 unspecified atom stereocenters. The smallest absolute Gasteiger partial charge is 0.319 e. The summed E-state index contributed by atoms with van der Waals surface area (Å²) in [5, 5.41) is 3.53. The van der Waals surface area contributed by atoms with E-state index in [2.05, 4.69) is 0 Å². The van der Waals surface area contributed by atoms with Gasteiger partial charge in [0.25, 0.3) is 0 Å². The number of hydrogen-bond donors (Lipinski definition) is 0. The van der Waals surface area contributed by atoms with Gasteiger partial charge in [-0.25, -0.2) is 14.1 Å². The molecule has 0 spiro atoms. The maximum Gasteiger partial charge on any atom is 0.441 e. The van der Waals surface area contributed by atoms with Gasteiger partial charge in [0.05, 0.1) is 11.4 Å². The Morgan fingerprint density at radius 3 is 2.24 bits per heavy atom. The lowest BCUT2D eigenvalue weighted by Gasteiger charge is -2.28. The summed E-state index contributed by atoms with van der Waals surface area (Å²) >= 11 is 0. The highest BCUT2D eigenvalue weighted by atomic mass is 19.1. The Morgan fingerprint density at radius 1 is 0.759 bits per heavy atom. The molecule has 0 radical (unpaired) electrons. The number of amides is 1. The van der Waals surface area contributed by atoms with Crippen LogP contribution < -0.4 is 9.96 Å². The molecule has 0 aromatic heterocycles. The third-order valence-corrected chi connectivity index (χ3v) is 5.04. The van der Waals surface area contributed by atoms with Crippen molar-refractivity contribution in [3.8, 4) is 0 Å². The van der Waals surface area contributed by atoms with Crippen molar-refractivity contribution in [3.05, 3.63) is 108 Å². The van der Waals surface area contributed by atoms with Gasteiger partial charge in [0.2, 0.25) is 0 Å². The fraction of sp³-hybridized carbons (Fsp3) is 0.0417. The molecule has 5 rings (SSSR count). The predicted molar refractivity (Wildman–Crippen MR) is 111 cm³/mol. The summed E-state index contributed by atoms with van der Waals surface area (Å²) in [7, 11) is 0. The second kappa shape index (κ2) is 6.95. The van der Waals surface area contributed by atoms with Crippen LogP contribution >= 0.6 is 0 Å². The molecular formula is C24H17FN2O2. The van der Waals surface area contributed by atoms with Gasteiger partial charge in [-0.05, 0) is 41.3 Å². The Balaban J connectivity index is 1.70. The minimum atomic E-state index is -0.573. The van der Waals surface area contributed by atoms with Gasteiger partial charge in [-0.3, -0.25) is 0 Å². The molecule has 0 N–H and O–H groups in total. The zero-order valence-corrected chi connectivity index (χ0v) is 15.4. The van der Waals surface area contributed by atoms with Crippen LogP contribution in [0.3, 0.4) is 0 Å². The third kappa shape index (κ3) is 2.97. The SMILES string of the molecule is O=C1ON(c2ccccc2)[C@H](c2ccc(F)cc2)N1c1cccc2ccccc12. The minimum absolute atomic E-state index is 0.332. The molecule has 4 aromatic carbocycles. The number of anilines is 2. The van der Waals surface area contributed by atoms with Crippen molar-refractivity contribution < 1.29 is 14.0 Å². The van der Waals surface area contributed by atoms with Crippen molar-refractivity contribution in [2.45, 2.75) is 6.17 Å². The van der Waals surface area contributed by atoms with Gasteiger partial charge in [-0.2, -0.15) is 5.06 Å². The lowest BCUT2D eigenvalue weighted by Crippen LogP contribution is -2.31. The summed E-state index contributed by atoms with van der Waals surface area (Å²) in [5.41, 5.74) is 2.22. The van der Waals surface area contributed by atoms with Gasteiger partial charge < -0.3 is 4.84 Å². The second-order valence-corrected chi connectivity index (χ2v) is 6.81. The lowest BCUT2D eigenvalue weighted by atomic mass is 10.1. The molecule has 1 heterocycles.